The lowest BCUT2D eigenvalue weighted by Crippen LogP contribution is -2.32. The lowest BCUT2D eigenvalue weighted by molar-refractivity contribution is -0.129. The number of nitrogens with zero attached hydrogens (tertiary/aromatic N) is 4. The number of β-amino-alcohol motifs (C(OH)–C–C–N with tert-alkyl or cyclic N) is 1. The van der Waals surface area contributed by atoms with Gasteiger partial charge in [-0.05, 0) is 24.0 Å². The molecule has 0 radical (unpaired) electrons. The van der Waals surface area contributed by atoms with E-state index in [2.05, 4.69) is 17.2 Å². The molecule has 1 aromatic heterocycles. The molecule has 2 aliphatic heterocycles. The van der Waals surface area contributed by atoms with Crippen LogP contribution in [0.5, 0.6) is 0 Å². The van der Waals surface area contributed by atoms with E-state index >= 15 is 0 Å². The van der Waals surface area contributed by atoms with E-state index in [4.69, 9.17) is 5.73 Å². The van der Waals surface area contributed by atoms with Gasteiger partial charge < -0.3 is 20.6 Å². The molecule has 0 aliphatic carbocycles. The second-order valence-corrected chi connectivity index (χ2v) is 8.99. The Labute approximate surface area is 206 Å². The monoisotopic (exact) mass is 475 g/mol. The second-order valence-electron chi connectivity index (χ2n) is 8.99. The number of likely N-dealkylation sites (tertiary alicyclic amines) is 2. The van der Waals surface area contributed by atoms with Gasteiger partial charge in [-0.1, -0.05) is 60.7 Å². The number of nitrogens with two attached hydrogens (primary N) is 1. The number of hydrogen-bond donors (Lipinski definition) is 2. The zero-order chi connectivity index (χ0) is 24.6. The van der Waals surface area contributed by atoms with Crippen LogP contribution >= 0.6 is 0 Å². The molecule has 2 aliphatic rings. The van der Waals surface area contributed by atoms with Crippen LogP contribution in [0.2, 0.25) is 0 Å². The number of anilines is 1. The van der Waals surface area contributed by atoms with Gasteiger partial charge in [0.25, 0.3) is 0 Å². The van der Waals surface area contributed by atoms with Gasteiger partial charge in [0.1, 0.15) is 0 Å². The molecular formula is C27H33N5O3. The Bertz CT molecular complexity index is 1100. The summed E-state index contributed by atoms with van der Waals surface area (Å²) in [7, 11) is 0. The van der Waals surface area contributed by atoms with Crippen LogP contribution in [-0.4, -0.2) is 62.7 Å². The summed E-state index contributed by atoms with van der Waals surface area (Å²) < 4.78 is 1.84. The predicted octanol–water partition coefficient (Wildman–Crippen LogP) is 3.02. The van der Waals surface area contributed by atoms with Crippen molar-refractivity contribution in [2.24, 2.45) is 0 Å². The van der Waals surface area contributed by atoms with E-state index in [0.717, 1.165) is 37.1 Å². The lowest BCUT2D eigenvalue weighted by Gasteiger charge is -2.24. The van der Waals surface area contributed by atoms with E-state index < -0.39 is 6.10 Å². The molecule has 3 heterocycles. The van der Waals surface area contributed by atoms with Crippen molar-refractivity contribution in [3.05, 3.63) is 84.2 Å². The van der Waals surface area contributed by atoms with Crippen LogP contribution < -0.4 is 5.73 Å². The van der Waals surface area contributed by atoms with E-state index in [1.165, 1.54) is 0 Å². The van der Waals surface area contributed by atoms with Gasteiger partial charge in [0.2, 0.25) is 11.8 Å². The molecule has 8 heteroatoms. The van der Waals surface area contributed by atoms with Crippen molar-refractivity contribution in [3.63, 3.8) is 0 Å². The molecule has 5 rings (SSSR count). The van der Waals surface area contributed by atoms with Crippen LogP contribution in [0.25, 0.3) is 0 Å². The number of hydrogen-bond acceptors (Lipinski definition) is 5. The average Bonchev–Trinajstić information content (AvgIpc) is 3.61. The van der Waals surface area contributed by atoms with E-state index in [-0.39, 0.29) is 17.9 Å². The van der Waals surface area contributed by atoms with E-state index in [9.17, 15) is 14.7 Å². The molecule has 0 bridgehead atoms. The van der Waals surface area contributed by atoms with Crippen LogP contribution in [0.1, 0.15) is 49.0 Å². The highest BCUT2D eigenvalue weighted by Crippen LogP contribution is 2.23. The normalized spacial score (nSPS) is 17.3. The van der Waals surface area contributed by atoms with Crippen molar-refractivity contribution in [2.75, 3.05) is 31.9 Å². The van der Waals surface area contributed by atoms with Crippen molar-refractivity contribution in [1.82, 2.24) is 19.6 Å². The average molecular weight is 476 g/mol. The molecule has 0 spiro atoms. The number of aliphatic hydroxyl groups is 1. The highest BCUT2D eigenvalue weighted by Gasteiger charge is 2.26. The highest BCUT2D eigenvalue weighted by molar-refractivity contribution is 5.78. The van der Waals surface area contributed by atoms with Gasteiger partial charge in [0.05, 0.1) is 30.6 Å². The summed E-state index contributed by atoms with van der Waals surface area (Å²) in [5, 5.41) is 14.2. The fraction of sp³-hybridized carbons (Fsp3) is 0.370. The largest absolute Gasteiger partial charge is 0.396 e. The fourth-order valence-electron chi connectivity index (χ4n) is 4.53. The summed E-state index contributed by atoms with van der Waals surface area (Å²) in [4.78, 5) is 26.9. The first kappa shape index (κ1) is 24.5. The number of nitrogen functional groups attached to an aromatic ring is 1. The van der Waals surface area contributed by atoms with Crippen molar-refractivity contribution < 1.29 is 14.7 Å². The van der Waals surface area contributed by atoms with Crippen molar-refractivity contribution in [1.29, 1.82) is 0 Å². The number of carbonyl (C=O) groups excluding carboxylic acids is 2. The molecule has 8 nitrogen and oxygen atoms in total. The topological polar surface area (TPSA) is 105 Å². The first-order chi connectivity index (χ1) is 17.0. The fourth-order valence-corrected chi connectivity index (χ4v) is 4.53. The van der Waals surface area contributed by atoms with E-state index in [1.54, 1.807) is 11.1 Å². The Morgan fingerprint density at radius 3 is 1.86 bits per heavy atom. The van der Waals surface area contributed by atoms with Gasteiger partial charge in [0, 0.05) is 38.7 Å². The smallest absolute Gasteiger partial charge is 0.222 e. The molecule has 2 fully saturated rings. The van der Waals surface area contributed by atoms with Gasteiger partial charge in [-0.15, -0.1) is 0 Å². The number of amides is 2. The standard InChI is InChI=1S/C15H18N4O.C12H15NO2/c16-13-9-17-19(10-13)14(12-5-2-1-3-6-12)11-18-8-4-7-15(18)20;14-11(10-5-2-1-3-6-10)9-13-8-4-7-12(13)15/h1-3,5-6,9-10,14H,4,7-8,11,16H2;1-3,5-6,11,14H,4,7-9H2. The Balaban J connectivity index is 0.000000172. The molecule has 35 heavy (non-hydrogen) atoms. The Morgan fingerprint density at radius 1 is 0.829 bits per heavy atom. The molecule has 3 aromatic rings. The minimum absolute atomic E-state index is 0.00977. The molecular weight excluding hydrogens is 442 g/mol. The number of aliphatic hydroxyl groups excluding tert-OH is 1. The van der Waals surface area contributed by atoms with Crippen LogP contribution in [0.15, 0.2) is 73.1 Å². The summed E-state index contributed by atoms with van der Waals surface area (Å²) in [5.74, 6) is 0.385. The summed E-state index contributed by atoms with van der Waals surface area (Å²) in [6, 6.07) is 19.6. The zero-order valence-corrected chi connectivity index (χ0v) is 19.9. The molecule has 0 saturated carbocycles. The second kappa shape index (κ2) is 11.7. The third-order valence-electron chi connectivity index (χ3n) is 6.44. The quantitative estimate of drug-likeness (QED) is 0.547. The summed E-state index contributed by atoms with van der Waals surface area (Å²) >= 11 is 0. The van der Waals surface area contributed by atoms with Gasteiger partial charge in [-0.25, -0.2) is 0 Å². The first-order valence-electron chi connectivity index (χ1n) is 12.1. The van der Waals surface area contributed by atoms with Crippen molar-refractivity contribution >= 4 is 17.5 Å². The number of rotatable bonds is 7. The third kappa shape index (κ3) is 6.48. The summed E-state index contributed by atoms with van der Waals surface area (Å²) in [6.07, 6.45) is 6.04. The summed E-state index contributed by atoms with van der Waals surface area (Å²) in [5.41, 5.74) is 8.41. The molecule has 2 aromatic carbocycles. The number of carbonyl (C=O) groups is 2. The predicted molar refractivity (Wildman–Crippen MR) is 134 cm³/mol. The van der Waals surface area contributed by atoms with E-state index in [1.807, 2.05) is 64.3 Å². The SMILES string of the molecule is Nc1cnn(C(CN2CCCC2=O)c2ccccc2)c1.O=C1CCCN1CC(O)c1ccccc1. The minimum Gasteiger partial charge on any atom is -0.396 e. The summed E-state index contributed by atoms with van der Waals surface area (Å²) in [6.45, 7) is 2.68. The lowest BCUT2D eigenvalue weighted by atomic mass is 10.1. The number of aromatic nitrogens is 2. The first-order valence-corrected chi connectivity index (χ1v) is 12.1. The minimum atomic E-state index is -0.562. The van der Waals surface area contributed by atoms with Gasteiger partial charge in [-0.3, -0.25) is 14.3 Å². The highest BCUT2D eigenvalue weighted by atomic mass is 16.3. The van der Waals surface area contributed by atoms with Crippen LogP contribution in [-0.2, 0) is 9.59 Å². The molecule has 184 valence electrons. The molecule has 3 N–H and O–H groups in total. The maximum atomic E-state index is 11.8. The zero-order valence-electron chi connectivity index (χ0n) is 19.9. The van der Waals surface area contributed by atoms with Crippen molar-refractivity contribution in [2.45, 2.75) is 37.8 Å². The number of benzene rings is 2. The Kier molecular flexibility index (Phi) is 8.15. The van der Waals surface area contributed by atoms with E-state index in [0.29, 0.717) is 31.6 Å². The Morgan fingerprint density at radius 2 is 1.37 bits per heavy atom. The van der Waals surface area contributed by atoms with Crippen LogP contribution in [0, 0.1) is 0 Å². The Hall–Kier alpha value is -3.65. The van der Waals surface area contributed by atoms with Crippen molar-refractivity contribution in [3.8, 4) is 0 Å². The molecule has 2 unspecified atom stereocenters. The maximum Gasteiger partial charge on any atom is 0.222 e. The van der Waals surface area contributed by atoms with Gasteiger partial charge in [-0.2, -0.15) is 5.10 Å². The van der Waals surface area contributed by atoms with Crippen LogP contribution in [0.4, 0.5) is 5.69 Å². The maximum absolute atomic E-state index is 11.8. The van der Waals surface area contributed by atoms with Gasteiger partial charge >= 0.3 is 0 Å². The molecule has 2 saturated heterocycles. The van der Waals surface area contributed by atoms with Gasteiger partial charge in [0.15, 0.2) is 0 Å². The third-order valence-corrected chi connectivity index (χ3v) is 6.44. The van der Waals surface area contributed by atoms with Crippen LogP contribution in [0.3, 0.4) is 0 Å². The molecule has 2 amide bonds. The molecule has 2 atom stereocenters.